The van der Waals surface area contributed by atoms with Crippen molar-refractivity contribution in [3.8, 4) is 5.75 Å². The summed E-state index contributed by atoms with van der Waals surface area (Å²) < 4.78 is 5.22. The number of methoxy groups -OCH3 is 1. The molecule has 0 unspecified atom stereocenters. The van der Waals surface area contributed by atoms with Gasteiger partial charge in [0.1, 0.15) is 5.75 Å². The average molecular weight is 291 g/mol. The molecule has 1 saturated heterocycles. The van der Waals surface area contributed by atoms with Crippen molar-refractivity contribution in [2.24, 2.45) is 5.73 Å². The van der Waals surface area contributed by atoms with E-state index in [0.717, 1.165) is 42.4 Å². The van der Waals surface area contributed by atoms with Crippen LogP contribution in [0.1, 0.15) is 18.4 Å². The molecule has 3 nitrogen and oxygen atoms in total. The van der Waals surface area contributed by atoms with E-state index in [1.165, 1.54) is 6.42 Å². The van der Waals surface area contributed by atoms with Crippen LogP contribution in [0, 0.1) is 0 Å². The maximum atomic E-state index is 6.20. The molecule has 1 fully saturated rings. The first-order chi connectivity index (χ1) is 8.19. The Hall–Kier alpha value is -0.480. The molecule has 1 aliphatic rings. The number of rotatable bonds is 3. The molecular formula is C13H20Cl2N2O. The largest absolute Gasteiger partial charge is 0.497 e. The summed E-state index contributed by atoms with van der Waals surface area (Å²) in [6.45, 7) is 2.90. The Morgan fingerprint density at radius 1 is 1.50 bits per heavy atom. The van der Waals surface area contributed by atoms with E-state index < -0.39 is 0 Å². The van der Waals surface area contributed by atoms with E-state index in [0.29, 0.717) is 6.04 Å². The molecule has 0 spiro atoms. The lowest BCUT2D eigenvalue weighted by atomic mass is 10.1. The predicted octanol–water partition coefficient (Wildman–Crippen LogP) is 2.69. The number of hydrogen-bond acceptors (Lipinski definition) is 3. The van der Waals surface area contributed by atoms with Gasteiger partial charge >= 0.3 is 0 Å². The van der Waals surface area contributed by atoms with Crippen LogP contribution in [0.25, 0.3) is 0 Å². The maximum absolute atomic E-state index is 6.20. The normalized spacial score (nSPS) is 20.3. The molecule has 102 valence electrons. The summed E-state index contributed by atoms with van der Waals surface area (Å²) in [6.07, 6.45) is 2.30. The molecule has 18 heavy (non-hydrogen) atoms. The van der Waals surface area contributed by atoms with Crippen molar-refractivity contribution in [3.05, 3.63) is 28.8 Å². The van der Waals surface area contributed by atoms with Crippen molar-refractivity contribution in [1.82, 2.24) is 4.90 Å². The van der Waals surface area contributed by atoms with Crippen molar-refractivity contribution in [2.45, 2.75) is 25.4 Å². The Balaban J connectivity index is 0.00000162. The van der Waals surface area contributed by atoms with Crippen LogP contribution in [0.15, 0.2) is 18.2 Å². The van der Waals surface area contributed by atoms with Crippen LogP contribution in [-0.4, -0.2) is 31.1 Å². The van der Waals surface area contributed by atoms with Crippen LogP contribution in [0.4, 0.5) is 0 Å². The molecule has 1 heterocycles. The van der Waals surface area contributed by atoms with E-state index in [1.54, 1.807) is 7.11 Å². The van der Waals surface area contributed by atoms with Gasteiger partial charge in [-0.1, -0.05) is 11.6 Å². The molecule has 0 amide bonds. The molecule has 0 radical (unpaired) electrons. The standard InChI is InChI=1S/C13H19ClN2O.ClH/c1-17-12-4-5-13(14)10(7-12)8-16-6-2-3-11(15)9-16;/h4-5,7,11H,2-3,6,8-9,15H2,1H3;1H/t11-;/m1./s1. The van der Waals surface area contributed by atoms with Crippen molar-refractivity contribution >= 4 is 24.0 Å². The Morgan fingerprint density at radius 2 is 2.28 bits per heavy atom. The SMILES string of the molecule is COc1ccc(Cl)c(CN2CCC[C@@H](N)C2)c1.Cl. The lowest BCUT2D eigenvalue weighted by Crippen LogP contribution is -2.42. The Morgan fingerprint density at radius 3 is 2.94 bits per heavy atom. The van der Waals surface area contributed by atoms with Gasteiger partial charge in [-0.25, -0.2) is 0 Å². The zero-order valence-electron chi connectivity index (χ0n) is 10.6. The Bertz CT molecular complexity index is 387. The number of hydrogen-bond donors (Lipinski definition) is 1. The Kier molecular flexibility index (Phi) is 6.22. The number of piperidine rings is 1. The molecule has 1 aromatic carbocycles. The van der Waals surface area contributed by atoms with Crippen molar-refractivity contribution in [3.63, 3.8) is 0 Å². The molecule has 2 N–H and O–H groups in total. The monoisotopic (exact) mass is 290 g/mol. The fourth-order valence-corrected chi connectivity index (χ4v) is 2.45. The fourth-order valence-electron chi connectivity index (χ4n) is 2.28. The van der Waals surface area contributed by atoms with Crippen LogP contribution < -0.4 is 10.5 Å². The summed E-state index contributed by atoms with van der Waals surface area (Å²) in [5.41, 5.74) is 7.08. The highest BCUT2D eigenvalue weighted by atomic mass is 35.5. The average Bonchev–Trinajstić information content (AvgIpc) is 2.32. The number of likely N-dealkylation sites (tertiary alicyclic amines) is 1. The molecule has 0 bridgehead atoms. The highest BCUT2D eigenvalue weighted by Gasteiger charge is 2.17. The molecule has 0 saturated carbocycles. The van der Waals surface area contributed by atoms with Gasteiger partial charge in [0, 0.05) is 24.2 Å². The first-order valence-corrected chi connectivity index (χ1v) is 6.37. The molecule has 0 aromatic heterocycles. The van der Waals surface area contributed by atoms with Gasteiger partial charge in [0.15, 0.2) is 0 Å². The van der Waals surface area contributed by atoms with Crippen LogP contribution in [0.5, 0.6) is 5.75 Å². The van der Waals surface area contributed by atoms with Crippen LogP contribution in [-0.2, 0) is 6.54 Å². The lowest BCUT2D eigenvalue weighted by Gasteiger charge is -2.30. The predicted molar refractivity (Wildman–Crippen MR) is 77.7 cm³/mol. The van der Waals surface area contributed by atoms with Gasteiger partial charge in [-0.2, -0.15) is 0 Å². The summed E-state index contributed by atoms with van der Waals surface area (Å²) >= 11 is 6.20. The molecule has 2 rings (SSSR count). The van der Waals surface area contributed by atoms with Crippen molar-refractivity contribution in [1.29, 1.82) is 0 Å². The topological polar surface area (TPSA) is 38.5 Å². The molecule has 1 atom stereocenters. The number of halogens is 2. The Labute approximate surface area is 120 Å². The second-order valence-corrected chi connectivity index (χ2v) is 5.00. The summed E-state index contributed by atoms with van der Waals surface area (Å²) in [4.78, 5) is 2.36. The van der Waals surface area contributed by atoms with Crippen LogP contribution >= 0.6 is 24.0 Å². The molecule has 1 aliphatic heterocycles. The van der Waals surface area contributed by atoms with E-state index in [9.17, 15) is 0 Å². The van der Waals surface area contributed by atoms with Crippen molar-refractivity contribution < 1.29 is 4.74 Å². The third-order valence-corrected chi connectivity index (χ3v) is 3.56. The van der Waals surface area contributed by atoms with E-state index in [1.807, 2.05) is 18.2 Å². The number of ether oxygens (including phenoxy) is 1. The first kappa shape index (κ1) is 15.6. The van der Waals surface area contributed by atoms with Gasteiger partial charge in [0.05, 0.1) is 7.11 Å². The molecular weight excluding hydrogens is 271 g/mol. The second-order valence-electron chi connectivity index (χ2n) is 4.59. The lowest BCUT2D eigenvalue weighted by molar-refractivity contribution is 0.201. The summed E-state index contributed by atoms with van der Waals surface area (Å²) in [5, 5.41) is 0.796. The second kappa shape index (κ2) is 7.19. The quantitative estimate of drug-likeness (QED) is 0.930. The summed E-state index contributed by atoms with van der Waals surface area (Å²) in [5.74, 6) is 0.853. The van der Waals surface area contributed by atoms with Gasteiger partial charge < -0.3 is 10.5 Å². The third kappa shape index (κ3) is 4.02. The molecule has 1 aromatic rings. The first-order valence-electron chi connectivity index (χ1n) is 5.99. The van der Waals surface area contributed by atoms with Gasteiger partial charge in [0.2, 0.25) is 0 Å². The summed E-state index contributed by atoms with van der Waals surface area (Å²) in [6, 6.07) is 6.07. The van der Waals surface area contributed by atoms with Gasteiger partial charge in [0.25, 0.3) is 0 Å². The van der Waals surface area contributed by atoms with E-state index in [4.69, 9.17) is 22.1 Å². The fraction of sp³-hybridized carbons (Fsp3) is 0.538. The minimum atomic E-state index is 0. The van der Waals surface area contributed by atoms with Crippen LogP contribution in [0.2, 0.25) is 5.02 Å². The van der Waals surface area contributed by atoms with Crippen molar-refractivity contribution in [2.75, 3.05) is 20.2 Å². The maximum Gasteiger partial charge on any atom is 0.119 e. The molecule has 0 aliphatic carbocycles. The number of nitrogens with zero attached hydrogens (tertiary/aromatic N) is 1. The van der Waals surface area contributed by atoms with Gasteiger partial charge in [-0.15, -0.1) is 12.4 Å². The minimum absolute atomic E-state index is 0. The minimum Gasteiger partial charge on any atom is -0.497 e. The zero-order valence-corrected chi connectivity index (χ0v) is 12.1. The third-order valence-electron chi connectivity index (χ3n) is 3.19. The molecule has 5 heteroatoms. The number of benzene rings is 1. The highest BCUT2D eigenvalue weighted by Crippen LogP contribution is 2.24. The summed E-state index contributed by atoms with van der Waals surface area (Å²) in [7, 11) is 1.67. The number of nitrogens with two attached hydrogens (primary N) is 1. The van der Waals surface area contributed by atoms with Gasteiger partial charge in [-0.05, 0) is 43.1 Å². The van der Waals surface area contributed by atoms with E-state index in [-0.39, 0.29) is 12.4 Å². The van der Waals surface area contributed by atoms with E-state index in [2.05, 4.69) is 4.90 Å². The smallest absolute Gasteiger partial charge is 0.119 e. The van der Waals surface area contributed by atoms with E-state index >= 15 is 0 Å². The zero-order chi connectivity index (χ0) is 12.3. The highest BCUT2D eigenvalue weighted by molar-refractivity contribution is 6.31. The van der Waals surface area contributed by atoms with Crippen LogP contribution in [0.3, 0.4) is 0 Å². The van der Waals surface area contributed by atoms with Gasteiger partial charge in [-0.3, -0.25) is 4.90 Å².